The second-order valence-corrected chi connectivity index (χ2v) is 9.51. The van der Waals surface area contributed by atoms with Crippen molar-refractivity contribution < 1.29 is 42.8 Å². The zero-order valence-corrected chi connectivity index (χ0v) is 22.4. The molecule has 0 spiro atoms. The summed E-state index contributed by atoms with van der Waals surface area (Å²) in [7, 11) is 0. The molecule has 9 aromatic rings. The highest BCUT2D eigenvalue weighted by Gasteiger charge is 2.19. The van der Waals surface area contributed by atoms with E-state index in [9.17, 15) is 13.7 Å². The smallest absolute Gasteiger partial charge is 0.135 e. The van der Waals surface area contributed by atoms with Gasteiger partial charge < -0.3 is 4.42 Å². The van der Waals surface area contributed by atoms with Gasteiger partial charge in [0.1, 0.15) is 11.2 Å². The first kappa shape index (κ1) is 10.1. The first-order valence-corrected chi connectivity index (χ1v) is 13.2. The summed E-state index contributed by atoms with van der Waals surface area (Å²) in [6, 6.07) is -27.3. The van der Waals surface area contributed by atoms with Crippen LogP contribution in [0.1, 0.15) is 38.4 Å². The predicted molar refractivity (Wildman–Crippen MR) is 190 cm³/mol. The van der Waals surface area contributed by atoms with E-state index in [4.69, 9.17) is 29.1 Å². The molecule has 0 aliphatic heterocycles. The van der Waals surface area contributed by atoms with Crippen molar-refractivity contribution in [1.82, 2.24) is 0 Å². The maximum absolute atomic E-state index is 9.67. The third-order valence-corrected chi connectivity index (χ3v) is 7.07. The Labute approximate surface area is 301 Å². The number of hydrogen-bond donors (Lipinski definition) is 0. The van der Waals surface area contributed by atoms with Crippen LogP contribution >= 0.6 is 0 Å². The Hall–Kier alpha value is -5.92. The van der Waals surface area contributed by atoms with Gasteiger partial charge in [-0.1, -0.05) is 151 Å². The van der Waals surface area contributed by atoms with Gasteiger partial charge in [-0.2, -0.15) is 0 Å². The monoisotopic (exact) mass is 600 g/mol. The molecule has 0 atom stereocenters. The lowest BCUT2D eigenvalue weighted by Crippen LogP contribution is -1.92. The zero-order chi connectivity index (χ0) is 54.1. The SMILES string of the molecule is [2H]c1c([2H])c([2H])c(-c2c([2H])c([2H])c(-c3c([2H])c([2H])c([2H])c([2H])c3-c3c4c([2H])c([2H])c([2H])c([2H])c4c(-c4c([2H])c([2H])c5oc6c([2H])c([2H])c([2H])c([2H])c6c5c4[2H])c4c([2H])c([2H])c([2H])c([2H])c34)c([2H])c2[2H])c([2H])c1[2H]. The number of fused-ring (bicyclic) bond motifs is 5. The van der Waals surface area contributed by atoms with Gasteiger partial charge in [-0.25, -0.2) is 0 Å². The van der Waals surface area contributed by atoms with E-state index in [0.29, 0.717) is 0 Å². The molecule has 0 aliphatic carbocycles. The molecule has 45 heavy (non-hydrogen) atoms. The molecule has 0 saturated heterocycles. The first-order valence-electron chi connectivity index (χ1n) is 27.2. The molecule has 0 unspecified atom stereocenters. The van der Waals surface area contributed by atoms with Crippen LogP contribution in [0.5, 0.6) is 0 Å². The third kappa shape index (κ3) is 4.17. The Morgan fingerprint density at radius 1 is 0.311 bits per heavy atom. The summed E-state index contributed by atoms with van der Waals surface area (Å²) in [6.45, 7) is 0. The quantitative estimate of drug-likeness (QED) is 0.183. The van der Waals surface area contributed by atoms with E-state index in [0.717, 1.165) is 0 Å². The van der Waals surface area contributed by atoms with Crippen molar-refractivity contribution in [2.45, 2.75) is 0 Å². The van der Waals surface area contributed by atoms with Crippen LogP contribution in [0.15, 0.2) is 174 Å². The molecule has 8 aromatic carbocycles. The lowest BCUT2D eigenvalue weighted by Gasteiger charge is -2.20. The molecule has 1 aromatic heterocycles. The van der Waals surface area contributed by atoms with Crippen molar-refractivity contribution in [1.29, 1.82) is 0 Å². The van der Waals surface area contributed by atoms with Crippen molar-refractivity contribution >= 4 is 43.5 Å². The highest BCUT2D eigenvalue weighted by Crippen LogP contribution is 2.46. The molecule has 0 N–H and O–H groups in total. The molecule has 0 aliphatic rings. The molecule has 0 radical (unpaired) electrons. The molecular formula is C44H28O. The Balaban J connectivity index is 1.59. The fourth-order valence-corrected chi connectivity index (χ4v) is 5.18. The predicted octanol–water partition coefficient (Wildman–Crippen LogP) is 12.6. The van der Waals surface area contributed by atoms with Crippen LogP contribution in [-0.2, 0) is 0 Å². The number of furan rings is 1. The Kier molecular flexibility index (Phi) is 2.32. The summed E-state index contributed by atoms with van der Waals surface area (Å²) < 4.78 is 256. The van der Waals surface area contributed by atoms with Crippen molar-refractivity contribution in [2.75, 3.05) is 0 Å². The van der Waals surface area contributed by atoms with E-state index in [1.807, 2.05) is 0 Å². The van der Waals surface area contributed by atoms with Gasteiger partial charge in [-0.15, -0.1) is 0 Å². The highest BCUT2D eigenvalue weighted by molar-refractivity contribution is 6.23. The van der Waals surface area contributed by atoms with Gasteiger partial charge in [0.05, 0.1) is 38.4 Å². The van der Waals surface area contributed by atoms with E-state index < -0.39 is 257 Å². The summed E-state index contributed by atoms with van der Waals surface area (Å²) in [6.07, 6.45) is 0. The van der Waals surface area contributed by atoms with Gasteiger partial charge in [0.15, 0.2) is 0 Å². The van der Waals surface area contributed by atoms with E-state index in [-0.39, 0.29) is 0 Å². The van der Waals surface area contributed by atoms with Gasteiger partial charge in [0.25, 0.3) is 0 Å². The van der Waals surface area contributed by atoms with E-state index >= 15 is 0 Å². The second-order valence-electron chi connectivity index (χ2n) is 9.51. The van der Waals surface area contributed by atoms with Crippen LogP contribution < -0.4 is 0 Å². The maximum Gasteiger partial charge on any atom is 0.135 e. The lowest BCUT2D eigenvalue weighted by molar-refractivity contribution is 0.669. The summed E-state index contributed by atoms with van der Waals surface area (Å²) in [4.78, 5) is 0. The molecule has 0 saturated carbocycles. The van der Waals surface area contributed by atoms with Crippen molar-refractivity contribution in [2.24, 2.45) is 0 Å². The normalized spacial score (nSPS) is 20.3. The average Bonchev–Trinajstić information content (AvgIpc) is 3.78. The molecule has 1 heterocycles. The molecule has 0 fully saturated rings. The number of rotatable bonds is 4. The fraction of sp³-hybridized carbons (Fsp3) is 0. The van der Waals surface area contributed by atoms with Gasteiger partial charge >= 0.3 is 0 Å². The largest absolute Gasteiger partial charge is 0.456 e. The molecule has 1 heteroatoms. The van der Waals surface area contributed by atoms with Crippen molar-refractivity contribution in [3.63, 3.8) is 0 Å². The van der Waals surface area contributed by atoms with Crippen LogP contribution in [0, 0.1) is 0 Å². The Morgan fingerprint density at radius 2 is 0.778 bits per heavy atom. The van der Waals surface area contributed by atoms with E-state index in [1.165, 1.54) is 0 Å². The summed E-state index contributed by atoms with van der Waals surface area (Å²) in [5.74, 6) is 0. The first-order chi connectivity index (χ1) is 34.0. The summed E-state index contributed by atoms with van der Waals surface area (Å²) >= 11 is 0. The number of benzene rings is 8. The van der Waals surface area contributed by atoms with Crippen molar-refractivity contribution in [3.8, 4) is 44.5 Å². The second kappa shape index (κ2) is 10.4. The summed E-state index contributed by atoms with van der Waals surface area (Å²) in [5, 5.41) is -4.11. The molecule has 0 bridgehead atoms. The maximum atomic E-state index is 9.67. The van der Waals surface area contributed by atoms with Crippen LogP contribution in [0.25, 0.3) is 88.0 Å². The number of para-hydroxylation sites is 1. The standard InChI is InChI=1S/C44H28O/c1-2-12-29(13-3-1)30-22-24-31(25-23-30)33-14-4-5-16-35(33)44-38-19-8-6-17-36(38)43(37-18-7-9-20-39(37)44)32-26-27-42-40(28-32)34-15-10-11-21-41(34)45-42/h1-28H/i1D,2D,3D,4D,5D,6D,7D,8D,9D,10D,11D,12D,13D,14D,15D,16D,17D,18D,19D,20D,21D,22D,23D,24D,25D,26D,27D,28D. The van der Waals surface area contributed by atoms with Gasteiger partial charge in [-0.3, -0.25) is 0 Å². The van der Waals surface area contributed by atoms with Crippen LogP contribution in [0.4, 0.5) is 0 Å². The lowest BCUT2D eigenvalue weighted by atomic mass is 9.83. The van der Waals surface area contributed by atoms with Crippen LogP contribution in [-0.4, -0.2) is 0 Å². The van der Waals surface area contributed by atoms with Gasteiger partial charge in [0, 0.05) is 10.8 Å². The van der Waals surface area contributed by atoms with E-state index in [1.54, 1.807) is 0 Å². The zero-order valence-electron chi connectivity index (χ0n) is 50.4. The minimum absolute atomic E-state index is 0.447. The molecule has 210 valence electrons. The van der Waals surface area contributed by atoms with E-state index in [2.05, 4.69) is 0 Å². The van der Waals surface area contributed by atoms with Gasteiger partial charge in [-0.05, 0) is 84.2 Å². The fourth-order valence-electron chi connectivity index (χ4n) is 5.18. The van der Waals surface area contributed by atoms with Crippen LogP contribution in [0.3, 0.4) is 0 Å². The third-order valence-electron chi connectivity index (χ3n) is 7.07. The molecular weight excluding hydrogens is 544 g/mol. The van der Waals surface area contributed by atoms with Gasteiger partial charge in [0.2, 0.25) is 0 Å². The minimum atomic E-state index is -1.12. The minimum Gasteiger partial charge on any atom is -0.456 e. The molecule has 1 nitrogen and oxygen atoms in total. The summed E-state index contributed by atoms with van der Waals surface area (Å²) in [5.41, 5.74) is -7.81. The Morgan fingerprint density at radius 3 is 1.47 bits per heavy atom. The topological polar surface area (TPSA) is 13.1 Å². The van der Waals surface area contributed by atoms with Crippen LogP contribution in [0.2, 0.25) is 0 Å². The highest BCUT2D eigenvalue weighted by atomic mass is 16.3. The number of hydrogen-bond acceptors (Lipinski definition) is 1. The average molecular weight is 601 g/mol. The van der Waals surface area contributed by atoms with Crippen molar-refractivity contribution in [3.05, 3.63) is 169 Å². The molecule has 9 rings (SSSR count). The Bertz CT molecular complexity index is 3980. The molecule has 0 amide bonds.